The summed E-state index contributed by atoms with van der Waals surface area (Å²) < 4.78 is 5.53. The number of nitrogens with one attached hydrogen (secondary N) is 1. The minimum atomic E-state index is 0.739. The molecule has 1 aromatic carbocycles. The van der Waals surface area contributed by atoms with Gasteiger partial charge in [0.1, 0.15) is 11.5 Å². The van der Waals surface area contributed by atoms with Crippen molar-refractivity contribution in [2.75, 3.05) is 5.32 Å². The Kier molecular flexibility index (Phi) is 5.08. The van der Waals surface area contributed by atoms with Crippen LogP contribution in [0.4, 0.5) is 5.69 Å². The molecule has 1 N–H and O–H groups in total. The molecule has 0 radical (unpaired) electrons. The number of rotatable bonds is 7. The molecule has 1 aromatic heterocycles. The van der Waals surface area contributed by atoms with Crippen LogP contribution >= 0.6 is 0 Å². The maximum absolute atomic E-state index is 5.53. The lowest BCUT2D eigenvalue weighted by Gasteiger charge is -2.06. The number of unbranched alkanes of at least 4 members (excludes halogenated alkanes) is 2. The molecule has 0 saturated heterocycles. The van der Waals surface area contributed by atoms with Crippen molar-refractivity contribution in [2.45, 2.75) is 46.1 Å². The zero-order valence-corrected chi connectivity index (χ0v) is 11.9. The summed E-state index contributed by atoms with van der Waals surface area (Å²) in [6, 6.07) is 12.7. The molecule has 2 aromatic rings. The van der Waals surface area contributed by atoms with Crippen LogP contribution in [0.5, 0.6) is 0 Å². The molecule has 19 heavy (non-hydrogen) atoms. The van der Waals surface area contributed by atoms with Crippen LogP contribution < -0.4 is 5.32 Å². The lowest BCUT2D eigenvalue weighted by molar-refractivity contribution is 0.490. The number of hydrogen-bond donors (Lipinski definition) is 1. The predicted octanol–water partition coefficient (Wildman–Crippen LogP) is 4.93. The Morgan fingerprint density at radius 2 is 1.79 bits per heavy atom. The van der Waals surface area contributed by atoms with Gasteiger partial charge in [-0.15, -0.1) is 0 Å². The average Bonchev–Trinajstić information content (AvgIpc) is 2.84. The van der Waals surface area contributed by atoms with E-state index in [1.54, 1.807) is 0 Å². The second-order valence-corrected chi connectivity index (χ2v) is 5.02. The molecule has 0 unspecified atom stereocenters. The second kappa shape index (κ2) is 7.03. The zero-order chi connectivity index (χ0) is 13.5. The molecule has 0 aliphatic heterocycles. The molecule has 2 rings (SSSR count). The Morgan fingerprint density at radius 1 is 1.00 bits per heavy atom. The van der Waals surface area contributed by atoms with E-state index in [0.717, 1.165) is 23.8 Å². The Balaban J connectivity index is 1.81. The van der Waals surface area contributed by atoms with E-state index in [0.29, 0.717) is 0 Å². The molecular formula is C17H23NO. The minimum absolute atomic E-state index is 0.739. The van der Waals surface area contributed by atoms with Crippen molar-refractivity contribution in [1.82, 2.24) is 0 Å². The molecule has 0 saturated carbocycles. The van der Waals surface area contributed by atoms with E-state index >= 15 is 0 Å². The largest absolute Gasteiger partial charge is 0.465 e. The van der Waals surface area contributed by atoms with Crippen LogP contribution in [0.2, 0.25) is 0 Å². The van der Waals surface area contributed by atoms with E-state index in [1.807, 2.05) is 19.1 Å². The van der Waals surface area contributed by atoms with E-state index in [4.69, 9.17) is 4.42 Å². The molecule has 0 fully saturated rings. The van der Waals surface area contributed by atoms with Gasteiger partial charge in [-0.3, -0.25) is 0 Å². The summed E-state index contributed by atoms with van der Waals surface area (Å²) in [6.45, 7) is 4.95. The van der Waals surface area contributed by atoms with Crippen LogP contribution in [-0.2, 0) is 13.0 Å². The zero-order valence-electron chi connectivity index (χ0n) is 11.9. The molecule has 102 valence electrons. The summed E-state index contributed by atoms with van der Waals surface area (Å²) in [5.41, 5.74) is 2.57. The summed E-state index contributed by atoms with van der Waals surface area (Å²) in [5, 5.41) is 3.37. The number of hydrogen-bond acceptors (Lipinski definition) is 2. The van der Waals surface area contributed by atoms with Gasteiger partial charge in [0.15, 0.2) is 0 Å². The molecule has 0 amide bonds. The first-order valence-corrected chi connectivity index (χ1v) is 7.16. The van der Waals surface area contributed by atoms with Gasteiger partial charge < -0.3 is 9.73 Å². The molecule has 1 heterocycles. The highest BCUT2D eigenvalue weighted by Gasteiger charge is 1.99. The lowest BCUT2D eigenvalue weighted by atomic mass is 10.1. The van der Waals surface area contributed by atoms with Crippen LogP contribution in [0, 0.1) is 6.92 Å². The van der Waals surface area contributed by atoms with Gasteiger partial charge in [-0.2, -0.15) is 0 Å². The fourth-order valence-electron chi connectivity index (χ4n) is 2.14. The van der Waals surface area contributed by atoms with E-state index < -0.39 is 0 Å². The highest BCUT2D eigenvalue weighted by atomic mass is 16.3. The van der Waals surface area contributed by atoms with Crippen LogP contribution in [0.1, 0.15) is 43.3 Å². The summed E-state index contributed by atoms with van der Waals surface area (Å²) in [4.78, 5) is 0. The Morgan fingerprint density at radius 3 is 2.42 bits per heavy atom. The molecule has 0 spiro atoms. The molecule has 0 aliphatic rings. The second-order valence-electron chi connectivity index (χ2n) is 5.02. The van der Waals surface area contributed by atoms with Crippen molar-refractivity contribution >= 4 is 5.69 Å². The average molecular weight is 257 g/mol. The first-order chi connectivity index (χ1) is 9.28. The number of furan rings is 1. The van der Waals surface area contributed by atoms with E-state index in [2.05, 4.69) is 36.5 Å². The highest BCUT2D eigenvalue weighted by molar-refractivity contribution is 5.44. The fraction of sp³-hybridized carbons (Fsp3) is 0.412. The number of anilines is 1. The van der Waals surface area contributed by atoms with Gasteiger partial charge in [0.25, 0.3) is 0 Å². The molecule has 0 aliphatic carbocycles. The normalized spacial score (nSPS) is 10.6. The Labute approximate surface area is 115 Å². The quantitative estimate of drug-likeness (QED) is 0.711. The monoisotopic (exact) mass is 257 g/mol. The van der Waals surface area contributed by atoms with Crippen molar-refractivity contribution in [1.29, 1.82) is 0 Å². The third-order valence-corrected chi connectivity index (χ3v) is 3.29. The molecule has 0 atom stereocenters. The standard InChI is InChI=1S/C17H23NO/c1-3-4-5-6-15-8-10-16(11-9-15)18-13-17-12-7-14(2)19-17/h7-12,18H,3-6,13H2,1-2H3. The van der Waals surface area contributed by atoms with Crippen LogP contribution in [0.25, 0.3) is 0 Å². The lowest BCUT2D eigenvalue weighted by Crippen LogP contribution is -1.98. The first-order valence-electron chi connectivity index (χ1n) is 7.16. The fourth-order valence-corrected chi connectivity index (χ4v) is 2.14. The maximum Gasteiger partial charge on any atom is 0.123 e. The highest BCUT2D eigenvalue weighted by Crippen LogP contribution is 2.14. The van der Waals surface area contributed by atoms with E-state index in [1.165, 1.54) is 31.2 Å². The predicted molar refractivity (Wildman–Crippen MR) is 80.4 cm³/mol. The first kappa shape index (κ1) is 13.7. The van der Waals surface area contributed by atoms with Gasteiger partial charge >= 0.3 is 0 Å². The summed E-state index contributed by atoms with van der Waals surface area (Å²) in [7, 11) is 0. The van der Waals surface area contributed by atoms with Crippen molar-refractivity contribution in [2.24, 2.45) is 0 Å². The minimum Gasteiger partial charge on any atom is -0.465 e. The van der Waals surface area contributed by atoms with Gasteiger partial charge in [-0.1, -0.05) is 31.9 Å². The van der Waals surface area contributed by atoms with E-state index in [9.17, 15) is 0 Å². The van der Waals surface area contributed by atoms with Gasteiger partial charge in [0.2, 0.25) is 0 Å². The topological polar surface area (TPSA) is 25.2 Å². The third kappa shape index (κ3) is 4.47. The van der Waals surface area contributed by atoms with Crippen molar-refractivity contribution < 1.29 is 4.42 Å². The summed E-state index contributed by atoms with van der Waals surface area (Å²) in [5.74, 6) is 1.94. The third-order valence-electron chi connectivity index (χ3n) is 3.29. The van der Waals surface area contributed by atoms with Gasteiger partial charge in [0, 0.05) is 5.69 Å². The van der Waals surface area contributed by atoms with Gasteiger partial charge in [-0.05, 0) is 49.6 Å². The van der Waals surface area contributed by atoms with Gasteiger partial charge in [-0.25, -0.2) is 0 Å². The summed E-state index contributed by atoms with van der Waals surface area (Å²) in [6.07, 6.45) is 5.07. The van der Waals surface area contributed by atoms with Crippen molar-refractivity contribution in [3.8, 4) is 0 Å². The van der Waals surface area contributed by atoms with Crippen molar-refractivity contribution in [3.63, 3.8) is 0 Å². The number of benzene rings is 1. The molecule has 2 nitrogen and oxygen atoms in total. The van der Waals surface area contributed by atoms with Crippen LogP contribution in [0.3, 0.4) is 0 Å². The number of aryl methyl sites for hydroxylation is 2. The SMILES string of the molecule is CCCCCc1ccc(NCc2ccc(C)o2)cc1. The smallest absolute Gasteiger partial charge is 0.123 e. The van der Waals surface area contributed by atoms with Crippen LogP contribution in [-0.4, -0.2) is 0 Å². The van der Waals surface area contributed by atoms with Gasteiger partial charge in [0.05, 0.1) is 6.54 Å². The maximum atomic E-state index is 5.53. The Hall–Kier alpha value is -1.70. The van der Waals surface area contributed by atoms with Crippen molar-refractivity contribution in [3.05, 3.63) is 53.5 Å². The molecule has 2 heteroatoms. The Bertz CT molecular complexity index is 484. The molecular weight excluding hydrogens is 234 g/mol. The summed E-state index contributed by atoms with van der Waals surface area (Å²) >= 11 is 0. The van der Waals surface area contributed by atoms with Crippen LogP contribution in [0.15, 0.2) is 40.8 Å². The van der Waals surface area contributed by atoms with E-state index in [-0.39, 0.29) is 0 Å². The molecule has 0 bridgehead atoms.